The van der Waals surface area contributed by atoms with Gasteiger partial charge >= 0.3 is 0 Å². The number of aryl methyl sites for hydroxylation is 1. The molecule has 1 atom stereocenters. The molecule has 2 aromatic rings. The molecule has 0 aliphatic carbocycles. The van der Waals surface area contributed by atoms with Gasteiger partial charge in [0, 0.05) is 5.56 Å². The van der Waals surface area contributed by atoms with Crippen molar-refractivity contribution in [3.63, 3.8) is 0 Å². The van der Waals surface area contributed by atoms with E-state index in [1.807, 2.05) is 12.1 Å². The molecule has 0 bridgehead atoms. The number of methoxy groups -OCH3 is 2. The fourth-order valence-corrected chi connectivity index (χ4v) is 3.57. The van der Waals surface area contributed by atoms with Gasteiger partial charge in [-0.1, -0.05) is 53.2 Å². The van der Waals surface area contributed by atoms with Gasteiger partial charge in [-0.2, -0.15) is 0 Å². The Morgan fingerprint density at radius 2 is 1.67 bits per heavy atom. The third kappa shape index (κ3) is 3.43. The van der Waals surface area contributed by atoms with Crippen molar-refractivity contribution in [1.82, 2.24) is 0 Å². The number of benzene rings is 2. The van der Waals surface area contributed by atoms with E-state index in [0.29, 0.717) is 0 Å². The molecular weight excluding hydrogens is 396 g/mol. The highest BCUT2D eigenvalue weighted by molar-refractivity contribution is 9.10. The van der Waals surface area contributed by atoms with E-state index in [1.54, 1.807) is 14.2 Å². The lowest BCUT2D eigenvalue weighted by molar-refractivity contribution is 0.386. The van der Waals surface area contributed by atoms with Crippen LogP contribution >= 0.6 is 31.9 Å². The highest BCUT2D eigenvalue weighted by atomic mass is 79.9. The molecule has 0 saturated heterocycles. The molecule has 0 aromatic heterocycles. The zero-order valence-corrected chi connectivity index (χ0v) is 15.5. The van der Waals surface area contributed by atoms with E-state index >= 15 is 0 Å². The van der Waals surface area contributed by atoms with E-state index in [2.05, 4.69) is 63.0 Å². The zero-order valence-electron chi connectivity index (χ0n) is 12.3. The number of rotatable bonds is 5. The SMILES string of the molecule is CCc1ccc(C(Br)c2ccc(OC)c(Br)c2OC)cc1. The van der Waals surface area contributed by atoms with Crippen LogP contribution in [0.25, 0.3) is 0 Å². The van der Waals surface area contributed by atoms with Crippen LogP contribution in [-0.4, -0.2) is 14.2 Å². The van der Waals surface area contributed by atoms with Crippen LogP contribution in [0.3, 0.4) is 0 Å². The van der Waals surface area contributed by atoms with Crippen LogP contribution in [0, 0.1) is 0 Å². The zero-order chi connectivity index (χ0) is 15.4. The summed E-state index contributed by atoms with van der Waals surface area (Å²) in [4.78, 5) is 0.0700. The van der Waals surface area contributed by atoms with E-state index in [4.69, 9.17) is 9.47 Å². The third-order valence-electron chi connectivity index (χ3n) is 3.47. The first kappa shape index (κ1) is 16.4. The largest absolute Gasteiger partial charge is 0.495 e. The predicted molar refractivity (Wildman–Crippen MR) is 93.8 cm³/mol. The van der Waals surface area contributed by atoms with Crippen molar-refractivity contribution in [2.45, 2.75) is 18.2 Å². The van der Waals surface area contributed by atoms with Gasteiger partial charge in [0.25, 0.3) is 0 Å². The summed E-state index contributed by atoms with van der Waals surface area (Å²) in [5.74, 6) is 1.55. The molecule has 1 unspecified atom stereocenters. The predicted octanol–water partition coefficient (Wildman–Crippen LogP) is 5.51. The highest BCUT2D eigenvalue weighted by Crippen LogP contribution is 2.44. The molecule has 21 heavy (non-hydrogen) atoms. The van der Waals surface area contributed by atoms with Gasteiger partial charge in [0.05, 0.1) is 19.0 Å². The lowest BCUT2D eigenvalue weighted by Gasteiger charge is -2.18. The number of halogens is 2. The van der Waals surface area contributed by atoms with Crippen LogP contribution in [0.15, 0.2) is 40.9 Å². The van der Waals surface area contributed by atoms with Crippen LogP contribution in [0.5, 0.6) is 11.5 Å². The first-order chi connectivity index (χ1) is 10.1. The van der Waals surface area contributed by atoms with Crippen LogP contribution in [0.1, 0.15) is 28.4 Å². The molecule has 0 heterocycles. The topological polar surface area (TPSA) is 18.5 Å². The molecule has 0 amide bonds. The number of hydrogen-bond donors (Lipinski definition) is 0. The Bertz CT molecular complexity index is 609. The van der Waals surface area contributed by atoms with Gasteiger partial charge in [-0.3, -0.25) is 0 Å². The Morgan fingerprint density at radius 3 is 2.19 bits per heavy atom. The molecule has 4 heteroatoms. The summed E-state index contributed by atoms with van der Waals surface area (Å²) in [7, 11) is 3.32. The smallest absolute Gasteiger partial charge is 0.141 e. The maximum Gasteiger partial charge on any atom is 0.141 e. The Kier molecular flexibility index (Phi) is 5.71. The summed E-state index contributed by atoms with van der Waals surface area (Å²) in [6.45, 7) is 2.16. The first-order valence-electron chi connectivity index (χ1n) is 6.75. The summed E-state index contributed by atoms with van der Waals surface area (Å²) in [6.07, 6.45) is 1.05. The fourth-order valence-electron chi connectivity index (χ4n) is 2.22. The van der Waals surface area contributed by atoms with Crippen molar-refractivity contribution in [1.29, 1.82) is 0 Å². The summed E-state index contributed by atoms with van der Waals surface area (Å²) in [5.41, 5.74) is 3.60. The van der Waals surface area contributed by atoms with Crippen LogP contribution < -0.4 is 9.47 Å². The van der Waals surface area contributed by atoms with Crippen molar-refractivity contribution in [3.8, 4) is 11.5 Å². The van der Waals surface area contributed by atoms with Crippen molar-refractivity contribution < 1.29 is 9.47 Å². The molecule has 0 aliphatic rings. The third-order valence-corrected chi connectivity index (χ3v) is 5.24. The van der Waals surface area contributed by atoms with Gasteiger partial charge in [0.15, 0.2) is 0 Å². The first-order valence-corrected chi connectivity index (χ1v) is 8.46. The monoisotopic (exact) mass is 412 g/mol. The Hall–Kier alpha value is -1.00. The molecule has 112 valence electrons. The Labute approximate surface area is 142 Å². The highest BCUT2D eigenvalue weighted by Gasteiger charge is 2.19. The van der Waals surface area contributed by atoms with E-state index in [0.717, 1.165) is 28.0 Å². The van der Waals surface area contributed by atoms with Gasteiger partial charge in [0.1, 0.15) is 16.0 Å². The number of ether oxygens (including phenoxy) is 2. The van der Waals surface area contributed by atoms with Crippen molar-refractivity contribution in [2.24, 2.45) is 0 Å². The molecule has 2 aromatic carbocycles. The number of hydrogen-bond acceptors (Lipinski definition) is 2. The van der Waals surface area contributed by atoms with Crippen molar-refractivity contribution in [3.05, 3.63) is 57.6 Å². The molecule has 0 radical (unpaired) electrons. The molecule has 0 fully saturated rings. The average Bonchev–Trinajstić information content (AvgIpc) is 2.54. The Balaban J connectivity index is 2.42. The molecule has 0 saturated carbocycles. The molecule has 2 nitrogen and oxygen atoms in total. The van der Waals surface area contributed by atoms with E-state index in [9.17, 15) is 0 Å². The minimum absolute atomic E-state index is 0.0700. The van der Waals surface area contributed by atoms with Crippen LogP contribution in [0.4, 0.5) is 0 Å². The minimum atomic E-state index is 0.0700. The molecular formula is C17H18Br2O2. The lowest BCUT2D eigenvalue weighted by atomic mass is 10.0. The minimum Gasteiger partial charge on any atom is -0.495 e. The van der Waals surface area contributed by atoms with Crippen LogP contribution in [0.2, 0.25) is 0 Å². The Morgan fingerprint density at radius 1 is 1.00 bits per heavy atom. The van der Waals surface area contributed by atoms with Gasteiger partial charge in [-0.05, 0) is 39.5 Å². The van der Waals surface area contributed by atoms with Crippen LogP contribution in [-0.2, 0) is 6.42 Å². The standard InChI is InChI=1S/C17H18Br2O2/c1-4-11-5-7-12(8-6-11)15(18)13-9-10-14(20-2)16(19)17(13)21-3/h5-10,15H,4H2,1-3H3. The van der Waals surface area contributed by atoms with E-state index < -0.39 is 0 Å². The molecule has 2 rings (SSSR count). The van der Waals surface area contributed by atoms with Gasteiger partial charge < -0.3 is 9.47 Å². The van der Waals surface area contributed by atoms with Crippen molar-refractivity contribution in [2.75, 3.05) is 14.2 Å². The second-order valence-corrected chi connectivity index (χ2v) is 6.37. The van der Waals surface area contributed by atoms with E-state index in [1.165, 1.54) is 11.1 Å². The molecule has 0 spiro atoms. The van der Waals surface area contributed by atoms with Crippen molar-refractivity contribution >= 4 is 31.9 Å². The second-order valence-electron chi connectivity index (χ2n) is 4.66. The second kappa shape index (κ2) is 7.32. The molecule has 0 N–H and O–H groups in total. The van der Waals surface area contributed by atoms with Gasteiger partial charge in [0.2, 0.25) is 0 Å². The molecule has 0 aliphatic heterocycles. The fraction of sp³-hybridized carbons (Fsp3) is 0.294. The quantitative estimate of drug-likeness (QED) is 0.601. The summed E-state index contributed by atoms with van der Waals surface area (Å²) < 4.78 is 11.7. The average molecular weight is 414 g/mol. The summed E-state index contributed by atoms with van der Waals surface area (Å²) in [6, 6.07) is 12.6. The number of alkyl halides is 1. The van der Waals surface area contributed by atoms with Gasteiger partial charge in [-0.25, -0.2) is 0 Å². The maximum atomic E-state index is 5.55. The normalized spacial score (nSPS) is 12.0. The maximum absolute atomic E-state index is 5.55. The summed E-state index contributed by atoms with van der Waals surface area (Å²) >= 11 is 7.32. The van der Waals surface area contributed by atoms with Gasteiger partial charge in [-0.15, -0.1) is 0 Å². The van der Waals surface area contributed by atoms with E-state index in [-0.39, 0.29) is 4.83 Å². The lowest BCUT2D eigenvalue weighted by Crippen LogP contribution is -1.99. The summed E-state index contributed by atoms with van der Waals surface area (Å²) in [5, 5.41) is 0.